The normalized spacial score (nSPS) is 10.3. The van der Waals surface area contributed by atoms with E-state index >= 15 is 0 Å². The smallest absolute Gasteiger partial charge is 0.126 e. The molecular weight excluding hydrogens is 169 g/mol. The molecule has 0 bridgehead atoms. The van der Waals surface area contributed by atoms with Gasteiger partial charge in [-0.15, -0.1) is 0 Å². The van der Waals surface area contributed by atoms with Crippen LogP contribution in [0, 0.1) is 12.7 Å². The van der Waals surface area contributed by atoms with Crippen LogP contribution in [0.15, 0.2) is 24.4 Å². The maximum Gasteiger partial charge on any atom is 0.126 e. The van der Waals surface area contributed by atoms with E-state index < -0.39 is 0 Å². The minimum Gasteiger partial charge on any atom is -0.282 e. The first kappa shape index (κ1) is 7.91. The standard InChI is InChI=1S/C9H8FN3/c1-6-4-9(13-12-6)8-5-7(10)2-3-11-8/h2-5H,1H3,(H,12,13). The predicted molar refractivity (Wildman–Crippen MR) is 46.5 cm³/mol. The Labute approximate surface area is 74.6 Å². The molecule has 0 radical (unpaired) electrons. The molecule has 0 atom stereocenters. The average Bonchev–Trinajstić information content (AvgIpc) is 2.52. The number of nitrogens with one attached hydrogen (secondary N) is 1. The fraction of sp³-hybridized carbons (Fsp3) is 0.111. The molecule has 0 saturated carbocycles. The molecule has 1 N–H and O–H groups in total. The van der Waals surface area contributed by atoms with Crippen LogP contribution in [-0.4, -0.2) is 15.2 Å². The first-order valence-electron chi connectivity index (χ1n) is 3.89. The molecule has 3 nitrogen and oxygen atoms in total. The lowest BCUT2D eigenvalue weighted by molar-refractivity contribution is 0.626. The molecule has 0 fully saturated rings. The van der Waals surface area contributed by atoms with E-state index in [-0.39, 0.29) is 5.82 Å². The van der Waals surface area contributed by atoms with Gasteiger partial charge in [0, 0.05) is 18.0 Å². The zero-order valence-corrected chi connectivity index (χ0v) is 7.08. The fourth-order valence-corrected chi connectivity index (χ4v) is 1.09. The highest BCUT2D eigenvalue weighted by atomic mass is 19.1. The van der Waals surface area contributed by atoms with E-state index in [1.807, 2.05) is 13.0 Å². The van der Waals surface area contributed by atoms with Crippen LogP contribution < -0.4 is 0 Å². The van der Waals surface area contributed by atoms with Crippen LogP contribution in [0.4, 0.5) is 4.39 Å². The van der Waals surface area contributed by atoms with Gasteiger partial charge in [-0.1, -0.05) is 0 Å². The van der Waals surface area contributed by atoms with Crippen LogP contribution in [0.3, 0.4) is 0 Å². The van der Waals surface area contributed by atoms with Crippen LogP contribution in [0.25, 0.3) is 11.4 Å². The third kappa shape index (κ3) is 1.56. The Balaban J connectivity index is 2.46. The number of rotatable bonds is 1. The molecule has 4 heteroatoms. The number of H-pyrrole nitrogens is 1. The highest BCUT2D eigenvalue weighted by Gasteiger charge is 2.03. The second kappa shape index (κ2) is 2.97. The summed E-state index contributed by atoms with van der Waals surface area (Å²) in [6, 6.07) is 4.49. The third-order valence-electron chi connectivity index (χ3n) is 1.69. The van der Waals surface area contributed by atoms with Crippen molar-refractivity contribution in [2.45, 2.75) is 6.92 Å². The van der Waals surface area contributed by atoms with Gasteiger partial charge < -0.3 is 0 Å². The van der Waals surface area contributed by atoms with E-state index in [9.17, 15) is 4.39 Å². The number of halogens is 1. The minimum atomic E-state index is -0.300. The van der Waals surface area contributed by atoms with Gasteiger partial charge in [0.15, 0.2) is 0 Å². The van der Waals surface area contributed by atoms with Gasteiger partial charge in [-0.05, 0) is 19.1 Å². The highest BCUT2D eigenvalue weighted by molar-refractivity contribution is 5.53. The summed E-state index contributed by atoms with van der Waals surface area (Å²) in [7, 11) is 0. The number of hydrogen-bond acceptors (Lipinski definition) is 2. The monoisotopic (exact) mass is 177 g/mol. The van der Waals surface area contributed by atoms with Crippen LogP contribution in [0.1, 0.15) is 5.69 Å². The summed E-state index contributed by atoms with van der Waals surface area (Å²) in [6.07, 6.45) is 1.43. The summed E-state index contributed by atoms with van der Waals surface area (Å²) in [5.41, 5.74) is 2.14. The summed E-state index contributed by atoms with van der Waals surface area (Å²) >= 11 is 0. The van der Waals surface area contributed by atoms with Crippen molar-refractivity contribution in [1.29, 1.82) is 0 Å². The largest absolute Gasteiger partial charge is 0.282 e. The van der Waals surface area contributed by atoms with Gasteiger partial charge in [-0.2, -0.15) is 5.10 Å². The van der Waals surface area contributed by atoms with Crippen molar-refractivity contribution < 1.29 is 4.39 Å². The first-order valence-corrected chi connectivity index (χ1v) is 3.89. The number of aromatic amines is 1. The van der Waals surface area contributed by atoms with Gasteiger partial charge in [0.25, 0.3) is 0 Å². The predicted octanol–water partition coefficient (Wildman–Crippen LogP) is 1.92. The van der Waals surface area contributed by atoms with Crippen LogP contribution in [0.5, 0.6) is 0 Å². The SMILES string of the molecule is Cc1cc(-c2cc(F)ccn2)n[nH]1. The second-order valence-corrected chi connectivity index (χ2v) is 2.80. The molecular formula is C9H8FN3. The zero-order valence-electron chi connectivity index (χ0n) is 7.08. The van der Waals surface area contributed by atoms with Crippen molar-refractivity contribution >= 4 is 0 Å². The second-order valence-electron chi connectivity index (χ2n) is 2.80. The summed E-state index contributed by atoms with van der Waals surface area (Å²) < 4.78 is 12.8. The van der Waals surface area contributed by atoms with Crippen molar-refractivity contribution in [3.63, 3.8) is 0 Å². The number of nitrogens with zero attached hydrogens (tertiary/aromatic N) is 2. The Bertz CT molecular complexity index is 422. The van der Waals surface area contributed by atoms with E-state index in [4.69, 9.17) is 0 Å². The summed E-state index contributed by atoms with van der Waals surface area (Å²) in [5, 5.41) is 6.75. The van der Waals surface area contributed by atoms with Gasteiger partial charge in [-0.25, -0.2) is 4.39 Å². The van der Waals surface area contributed by atoms with Crippen molar-refractivity contribution in [3.8, 4) is 11.4 Å². The van der Waals surface area contributed by atoms with Gasteiger partial charge in [0.2, 0.25) is 0 Å². The van der Waals surface area contributed by atoms with Gasteiger partial charge >= 0.3 is 0 Å². The van der Waals surface area contributed by atoms with Crippen molar-refractivity contribution in [3.05, 3.63) is 35.9 Å². The van der Waals surface area contributed by atoms with Crippen molar-refractivity contribution in [2.24, 2.45) is 0 Å². The van der Waals surface area contributed by atoms with Gasteiger partial charge in [-0.3, -0.25) is 10.1 Å². The molecule has 0 aliphatic rings. The lowest BCUT2D eigenvalue weighted by Crippen LogP contribution is -1.84. The van der Waals surface area contributed by atoms with E-state index in [1.165, 1.54) is 18.3 Å². The number of pyridine rings is 1. The molecule has 2 aromatic heterocycles. The zero-order chi connectivity index (χ0) is 9.26. The molecule has 0 unspecified atom stereocenters. The summed E-state index contributed by atoms with van der Waals surface area (Å²) in [5.74, 6) is -0.300. The average molecular weight is 177 g/mol. The topological polar surface area (TPSA) is 41.6 Å². The Morgan fingerprint density at radius 3 is 2.77 bits per heavy atom. The molecule has 0 aliphatic heterocycles. The van der Waals surface area contributed by atoms with Crippen molar-refractivity contribution in [1.82, 2.24) is 15.2 Å². The van der Waals surface area contributed by atoms with Gasteiger partial charge in [0.1, 0.15) is 11.5 Å². The Kier molecular flexibility index (Phi) is 1.81. The number of aryl methyl sites for hydroxylation is 1. The molecule has 2 heterocycles. The Morgan fingerprint density at radius 2 is 2.15 bits per heavy atom. The van der Waals surface area contributed by atoms with E-state index in [1.54, 1.807) is 0 Å². The maximum atomic E-state index is 12.8. The fourth-order valence-electron chi connectivity index (χ4n) is 1.09. The van der Waals surface area contributed by atoms with Crippen LogP contribution >= 0.6 is 0 Å². The van der Waals surface area contributed by atoms with Gasteiger partial charge in [0.05, 0.1) is 5.69 Å². The van der Waals surface area contributed by atoms with Crippen LogP contribution in [-0.2, 0) is 0 Å². The maximum absolute atomic E-state index is 12.8. The molecule has 2 aromatic rings. The molecule has 0 amide bonds. The number of aromatic nitrogens is 3. The van der Waals surface area contributed by atoms with E-state index in [0.717, 1.165) is 5.69 Å². The number of hydrogen-bond donors (Lipinski definition) is 1. The summed E-state index contributed by atoms with van der Waals surface area (Å²) in [6.45, 7) is 1.88. The Morgan fingerprint density at radius 1 is 1.31 bits per heavy atom. The van der Waals surface area contributed by atoms with E-state index in [2.05, 4.69) is 15.2 Å². The molecule has 13 heavy (non-hydrogen) atoms. The molecule has 0 aliphatic carbocycles. The van der Waals surface area contributed by atoms with Crippen LogP contribution in [0.2, 0.25) is 0 Å². The van der Waals surface area contributed by atoms with Crippen molar-refractivity contribution in [2.75, 3.05) is 0 Å². The first-order chi connectivity index (χ1) is 6.25. The quantitative estimate of drug-likeness (QED) is 0.723. The minimum absolute atomic E-state index is 0.300. The lowest BCUT2D eigenvalue weighted by atomic mass is 10.2. The lowest BCUT2D eigenvalue weighted by Gasteiger charge is -1.93. The third-order valence-corrected chi connectivity index (χ3v) is 1.69. The Hall–Kier alpha value is -1.71. The molecule has 0 saturated heterocycles. The highest BCUT2D eigenvalue weighted by Crippen LogP contribution is 2.14. The molecule has 2 rings (SSSR count). The molecule has 0 aromatic carbocycles. The molecule has 0 spiro atoms. The molecule has 66 valence electrons. The van der Waals surface area contributed by atoms with E-state index in [0.29, 0.717) is 11.4 Å². The summed E-state index contributed by atoms with van der Waals surface area (Å²) in [4.78, 5) is 4.00.